The summed E-state index contributed by atoms with van der Waals surface area (Å²) in [6.45, 7) is 2.81. The molecule has 1 aromatic carbocycles. The van der Waals surface area contributed by atoms with Crippen LogP contribution in [0, 0.1) is 6.92 Å². The van der Waals surface area contributed by atoms with Gasteiger partial charge >= 0.3 is 0 Å². The van der Waals surface area contributed by atoms with Gasteiger partial charge in [0.05, 0.1) is 6.54 Å². The number of nitrogen functional groups attached to an aromatic ring is 1. The standard InChI is InChI=1S/C11H13N3S/c1-8-6-14-11(15-8)7-13-10-4-2-3-9(12)5-10/h2-6,13H,7,12H2,1H3. The number of rotatable bonds is 3. The van der Waals surface area contributed by atoms with Crippen LogP contribution < -0.4 is 11.1 Å². The van der Waals surface area contributed by atoms with E-state index in [1.54, 1.807) is 11.3 Å². The summed E-state index contributed by atoms with van der Waals surface area (Å²) in [6.07, 6.45) is 1.89. The van der Waals surface area contributed by atoms with Crippen LogP contribution in [0.2, 0.25) is 0 Å². The topological polar surface area (TPSA) is 50.9 Å². The summed E-state index contributed by atoms with van der Waals surface area (Å²) in [7, 11) is 0. The highest BCUT2D eigenvalue weighted by Crippen LogP contribution is 2.15. The number of thiazole rings is 1. The molecule has 0 unspecified atom stereocenters. The first-order valence-electron chi connectivity index (χ1n) is 4.75. The van der Waals surface area contributed by atoms with E-state index >= 15 is 0 Å². The van der Waals surface area contributed by atoms with Gasteiger partial charge in [0.15, 0.2) is 0 Å². The quantitative estimate of drug-likeness (QED) is 0.780. The normalized spacial score (nSPS) is 10.2. The first kappa shape index (κ1) is 9.98. The lowest BCUT2D eigenvalue weighted by Crippen LogP contribution is -1.99. The second kappa shape index (κ2) is 4.31. The van der Waals surface area contributed by atoms with Crippen molar-refractivity contribution in [3.63, 3.8) is 0 Å². The molecule has 0 aliphatic heterocycles. The maximum atomic E-state index is 5.68. The molecule has 1 aromatic heterocycles. The molecule has 0 bridgehead atoms. The highest BCUT2D eigenvalue weighted by atomic mass is 32.1. The van der Waals surface area contributed by atoms with E-state index in [1.807, 2.05) is 30.5 Å². The Morgan fingerprint density at radius 2 is 2.33 bits per heavy atom. The molecule has 3 nitrogen and oxygen atoms in total. The number of anilines is 2. The maximum absolute atomic E-state index is 5.68. The highest BCUT2D eigenvalue weighted by molar-refractivity contribution is 7.11. The first-order valence-corrected chi connectivity index (χ1v) is 5.56. The molecule has 78 valence electrons. The molecule has 2 rings (SSSR count). The lowest BCUT2D eigenvalue weighted by atomic mass is 10.3. The molecule has 4 heteroatoms. The molecule has 2 aromatic rings. The van der Waals surface area contributed by atoms with Crippen LogP contribution in [0.15, 0.2) is 30.5 Å². The fraction of sp³-hybridized carbons (Fsp3) is 0.182. The SMILES string of the molecule is Cc1cnc(CNc2cccc(N)c2)s1. The molecule has 0 radical (unpaired) electrons. The van der Waals surface area contributed by atoms with E-state index in [0.717, 1.165) is 22.9 Å². The minimum Gasteiger partial charge on any atom is -0.399 e. The lowest BCUT2D eigenvalue weighted by molar-refractivity contribution is 1.10. The number of benzene rings is 1. The number of aryl methyl sites for hydroxylation is 1. The molecule has 0 atom stereocenters. The van der Waals surface area contributed by atoms with Crippen molar-refractivity contribution in [3.8, 4) is 0 Å². The summed E-state index contributed by atoms with van der Waals surface area (Å²) in [5.41, 5.74) is 7.48. The van der Waals surface area contributed by atoms with Crippen LogP contribution in [-0.4, -0.2) is 4.98 Å². The van der Waals surface area contributed by atoms with Crippen LogP contribution in [-0.2, 0) is 6.54 Å². The Hall–Kier alpha value is -1.55. The minimum atomic E-state index is 0.752. The van der Waals surface area contributed by atoms with E-state index in [0.29, 0.717) is 0 Å². The van der Waals surface area contributed by atoms with Gasteiger partial charge in [-0.2, -0.15) is 0 Å². The van der Waals surface area contributed by atoms with Crippen LogP contribution in [0.25, 0.3) is 0 Å². The second-order valence-electron chi connectivity index (χ2n) is 3.34. The molecule has 15 heavy (non-hydrogen) atoms. The Bertz CT molecular complexity index is 451. The van der Waals surface area contributed by atoms with Gasteiger partial charge in [0, 0.05) is 22.4 Å². The van der Waals surface area contributed by atoms with Gasteiger partial charge in [-0.15, -0.1) is 11.3 Å². The minimum absolute atomic E-state index is 0.752. The molecular formula is C11H13N3S. The number of hydrogen-bond donors (Lipinski definition) is 2. The largest absolute Gasteiger partial charge is 0.399 e. The fourth-order valence-corrected chi connectivity index (χ4v) is 2.04. The summed E-state index contributed by atoms with van der Waals surface area (Å²) in [5.74, 6) is 0. The Balaban J connectivity index is 1.99. The number of nitrogens with two attached hydrogens (primary N) is 1. The van der Waals surface area contributed by atoms with Gasteiger partial charge in [0.25, 0.3) is 0 Å². The van der Waals surface area contributed by atoms with Crippen LogP contribution >= 0.6 is 11.3 Å². The van der Waals surface area contributed by atoms with Gasteiger partial charge in [-0.1, -0.05) is 6.07 Å². The number of aromatic nitrogens is 1. The third-order valence-corrected chi connectivity index (χ3v) is 2.91. The monoisotopic (exact) mass is 219 g/mol. The Kier molecular flexibility index (Phi) is 2.87. The number of nitrogens with one attached hydrogen (secondary N) is 1. The van der Waals surface area contributed by atoms with Crippen molar-refractivity contribution in [2.75, 3.05) is 11.1 Å². The van der Waals surface area contributed by atoms with Crippen LogP contribution in [0.3, 0.4) is 0 Å². The van der Waals surface area contributed by atoms with Gasteiger partial charge in [0.1, 0.15) is 5.01 Å². The molecular weight excluding hydrogens is 206 g/mol. The van der Waals surface area contributed by atoms with Gasteiger partial charge < -0.3 is 11.1 Å². The number of hydrogen-bond acceptors (Lipinski definition) is 4. The van der Waals surface area contributed by atoms with Crippen LogP contribution in [0.4, 0.5) is 11.4 Å². The van der Waals surface area contributed by atoms with Gasteiger partial charge in [-0.05, 0) is 25.1 Å². The molecule has 0 saturated heterocycles. The summed E-state index contributed by atoms with van der Waals surface area (Å²) in [4.78, 5) is 5.51. The average molecular weight is 219 g/mol. The molecule has 1 heterocycles. The summed E-state index contributed by atoms with van der Waals surface area (Å²) >= 11 is 1.71. The fourth-order valence-electron chi connectivity index (χ4n) is 1.31. The zero-order valence-corrected chi connectivity index (χ0v) is 9.34. The molecule has 0 amide bonds. The highest BCUT2D eigenvalue weighted by Gasteiger charge is 1.98. The summed E-state index contributed by atoms with van der Waals surface area (Å²) < 4.78 is 0. The van der Waals surface area contributed by atoms with Crippen molar-refractivity contribution < 1.29 is 0 Å². The van der Waals surface area contributed by atoms with Crippen molar-refractivity contribution in [2.24, 2.45) is 0 Å². The van der Waals surface area contributed by atoms with Crippen LogP contribution in [0.5, 0.6) is 0 Å². The average Bonchev–Trinajstić information content (AvgIpc) is 2.62. The Morgan fingerprint density at radius 3 is 3.00 bits per heavy atom. The first-order chi connectivity index (χ1) is 7.24. The smallest absolute Gasteiger partial charge is 0.112 e. The van der Waals surface area contributed by atoms with Crippen LogP contribution in [0.1, 0.15) is 9.88 Å². The van der Waals surface area contributed by atoms with Gasteiger partial charge in [-0.25, -0.2) is 4.98 Å². The Morgan fingerprint density at radius 1 is 1.47 bits per heavy atom. The third-order valence-electron chi connectivity index (χ3n) is 2.00. The predicted octanol–water partition coefficient (Wildman–Crippen LogP) is 2.65. The lowest BCUT2D eigenvalue weighted by Gasteiger charge is -2.04. The van der Waals surface area contributed by atoms with Crippen molar-refractivity contribution >= 4 is 22.7 Å². The molecule has 0 aliphatic rings. The van der Waals surface area contributed by atoms with E-state index in [2.05, 4.69) is 17.2 Å². The third kappa shape index (κ3) is 2.70. The van der Waals surface area contributed by atoms with E-state index in [4.69, 9.17) is 5.73 Å². The summed E-state index contributed by atoms with van der Waals surface area (Å²) in [6, 6.07) is 7.72. The zero-order valence-electron chi connectivity index (χ0n) is 8.53. The van der Waals surface area contributed by atoms with Crippen molar-refractivity contribution in [3.05, 3.63) is 40.3 Å². The number of nitrogens with zero attached hydrogens (tertiary/aromatic N) is 1. The molecule has 0 aliphatic carbocycles. The van der Waals surface area contributed by atoms with E-state index < -0.39 is 0 Å². The van der Waals surface area contributed by atoms with Gasteiger partial charge in [-0.3, -0.25) is 0 Å². The molecule has 3 N–H and O–H groups in total. The van der Waals surface area contributed by atoms with E-state index in [-0.39, 0.29) is 0 Å². The van der Waals surface area contributed by atoms with Crippen molar-refractivity contribution in [2.45, 2.75) is 13.5 Å². The van der Waals surface area contributed by atoms with Gasteiger partial charge in [0.2, 0.25) is 0 Å². The van der Waals surface area contributed by atoms with Crippen molar-refractivity contribution in [1.29, 1.82) is 0 Å². The molecule has 0 saturated carbocycles. The molecule has 0 fully saturated rings. The second-order valence-corrected chi connectivity index (χ2v) is 4.66. The zero-order chi connectivity index (χ0) is 10.7. The van der Waals surface area contributed by atoms with E-state index in [1.165, 1.54) is 4.88 Å². The molecule has 0 spiro atoms. The maximum Gasteiger partial charge on any atom is 0.112 e. The van der Waals surface area contributed by atoms with E-state index in [9.17, 15) is 0 Å². The predicted molar refractivity (Wildman–Crippen MR) is 65.0 cm³/mol. The van der Waals surface area contributed by atoms with Crippen molar-refractivity contribution in [1.82, 2.24) is 4.98 Å². The summed E-state index contributed by atoms with van der Waals surface area (Å²) in [5, 5.41) is 4.38. The Labute approximate surface area is 93.0 Å².